The minimum Gasteiger partial charge on any atom is -0.326 e. The fourth-order valence-electron chi connectivity index (χ4n) is 3.22. The molecule has 1 aliphatic heterocycles. The molecule has 0 atom stereocenters. The molecule has 0 radical (unpaired) electrons. The van der Waals surface area contributed by atoms with E-state index in [4.69, 9.17) is 16.6 Å². The molecule has 132 valence electrons. The van der Waals surface area contributed by atoms with Gasteiger partial charge < -0.3 is 5.32 Å². The molecule has 0 bridgehead atoms. The zero-order valence-electron chi connectivity index (χ0n) is 14.5. The average molecular weight is 384 g/mol. The van der Waals surface area contributed by atoms with E-state index in [9.17, 15) is 4.79 Å². The highest BCUT2D eigenvalue weighted by molar-refractivity contribution is 7.13. The SMILES string of the molecule is CC1(C)CCC(=O)Nc2ccc(-c3csc(-c4ccnc(Cl)c4)n3)cc21. The van der Waals surface area contributed by atoms with Crippen LogP contribution < -0.4 is 5.32 Å². The third-order valence-corrected chi connectivity index (χ3v) is 5.87. The van der Waals surface area contributed by atoms with Gasteiger partial charge in [-0.25, -0.2) is 9.97 Å². The van der Waals surface area contributed by atoms with Crippen molar-refractivity contribution in [2.24, 2.45) is 0 Å². The fourth-order valence-corrected chi connectivity index (χ4v) is 4.22. The number of rotatable bonds is 2. The highest BCUT2D eigenvalue weighted by atomic mass is 35.5. The van der Waals surface area contributed by atoms with E-state index in [1.165, 1.54) is 0 Å². The van der Waals surface area contributed by atoms with Crippen molar-refractivity contribution in [3.05, 3.63) is 52.6 Å². The van der Waals surface area contributed by atoms with Crippen LogP contribution in [-0.4, -0.2) is 15.9 Å². The first-order valence-electron chi connectivity index (χ1n) is 8.45. The van der Waals surface area contributed by atoms with Gasteiger partial charge in [0.2, 0.25) is 5.91 Å². The molecular formula is C20H18ClN3OS. The molecule has 4 nitrogen and oxygen atoms in total. The van der Waals surface area contributed by atoms with Crippen LogP contribution in [0.1, 0.15) is 32.3 Å². The molecule has 0 spiro atoms. The molecule has 1 aliphatic rings. The second kappa shape index (κ2) is 6.49. The number of nitrogens with zero attached hydrogens (tertiary/aromatic N) is 2. The number of hydrogen-bond donors (Lipinski definition) is 1. The number of hydrogen-bond acceptors (Lipinski definition) is 4. The average Bonchev–Trinajstić information content (AvgIpc) is 3.06. The Morgan fingerprint density at radius 3 is 2.85 bits per heavy atom. The summed E-state index contributed by atoms with van der Waals surface area (Å²) in [4.78, 5) is 20.7. The maximum atomic E-state index is 11.9. The van der Waals surface area contributed by atoms with Crippen molar-refractivity contribution in [1.29, 1.82) is 0 Å². The number of anilines is 1. The van der Waals surface area contributed by atoms with Crippen LogP contribution >= 0.6 is 22.9 Å². The number of amides is 1. The van der Waals surface area contributed by atoms with Gasteiger partial charge in [0.25, 0.3) is 0 Å². The Kier molecular flexibility index (Phi) is 4.29. The Bertz CT molecular complexity index is 996. The van der Waals surface area contributed by atoms with Crippen LogP contribution in [0, 0.1) is 0 Å². The summed E-state index contributed by atoms with van der Waals surface area (Å²) in [5, 5.41) is 6.43. The maximum Gasteiger partial charge on any atom is 0.224 e. The lowest BCUT2D eigenvalue weighted by Gasteiger charge is -2.25. The lowest BCUT2D eigenvalue weighted by molar-refractivity contribution is -0.116. The van der Waals surface area contributed by atoms with Gasteiger partial charge in [0.15, 0.2) is 0 Å². The van der Waals surface area contributed by atoms with E-state index in [0.29, 0.717) is 11.6 Å². The van der Waals surface area contributed by atoms with E-state index in [1.807, 2.05) is 29.6 Å². The summed E-state index contributed by atoms with van der Waals surface area (Å²) in [6, 6.07) is 9.88. The minimum absolute atomic E-state index is 0.0675. The first-order chi connectivity index (χ1) is 12.4. The number of carbonyl (C=O) groups is 1. The monoisotopic (exact) mass is 383 g/mol. The Labute approximate surface area is 161 Å². The zero-order chi connectivity index (χ0) is 18.3. The van der Waals surface area contributed by atoms with Crippen molar-refractivity contribution in [1.82, 2.24) is 9.97 Å². The topological polar surface area (TPSA) is 54.9 Å². The van der Waals surface area contributed by atoms with E-state index < -0.39 is 0 Å². The lowest BCUT2D eigenvalue weighted by atomic mass is 9.80. The molecule has 0 fully saturated rings. The first kappa shape index (κ1) is 17.2. The number of aromatic nitrogens is 2. The van der Waals surface area contributed by atoms with Gasteiger partial charge in [0.1, 0.15) is 10.2 Å². The summed E-state index contributed by atoms with van der Waals surface area (Å²) in [7, 11) is 0. The number of thiazole rings is 1. The molecule has 3 aromatic rings. The van der Waals surface area contributed by atoms with Crippen LogP contribution in [0.15, 0.2) is 41.9 Å². The van der Waals surface area contributed by atoms with E-state index >= 15 is 0 Å². The summed E-state index contributed by atoms with van der Waals surface area (Å²) < 4.78 is 0. The summed E-state index contributed by atoms with van der Waals surface area (Å²) >= 11 is 7.57. The highest BCUT2D eigenvalue weighted by Gasteiger charge is 2.29. The van der Waals surface area contributed by atoms with Gasteiger partial charge in [-0.05, 0) is 41.7 Å². The van der Waals surface area contributed by atoms with E-state index in [-0.39, 0.29) is 11.3 Å². The van der Waals surface area contributed by atoms with Gasteiger partial charge in [-0.3, -0.25) is 4.79 Å². The summed E-state index contributed by atoms with van der Waals surface area (Å²) in [6.45, 7) is 4.36. The predicted octanol–water partition coefficient (Wildman–Crippen LogP) is 5.54. The van der Waals surface area contributed by atoms with Crippen molar-refractivity contribution in [3.63, 3.8) is 0 Å². The molecule has 2 aromatic heterocycles. The van der Waals surface area contributed by atoms with Crippen LogP contribution in [-0.2, 0) is 10.2 Å². The van der Waals surface area contributed by atoms with Gasteiger partial charge in [-0.15, -0.1) is 11.3 Å². The van der Waals surface area contributed by atoms with E-state index in [1.54, 1.807) is 17.5 Å². The standard InChI is InChI=1S/C20H18ClN3OS/c1-20(2)7-5-18(25)23-15-4-3-12(9-14(15)20)16-11-26-19(24-16)13-6-8-22-17(21)10-13/h3-4,6,8-11H,5,7H2,1-2H3,(H,23,25). The molecule has 26 heavy (non-hydrogen) atoms. The Morgan fingerprint density at radius 2 is 2.04 bits per heavy atom. The normalized spacial score (nSPS) is 15.9. The lowest BCUT2D eigenvalue weighted by Crippen LogP contribution is -2.16. The molecule has 0 saturated carbocycles. The molecular weight excluding hydrogens is 366 g/mol. The summed E-state index contributed by atoms with van der Waals surface area (Å²) in [5.41, 5.74) is 4.92. The van der Waals surface area contributed by atoms with Gasteiger partial charge in [-0.2, -0.15) is 0 Å². The minimum atomic E-state index is -0.0675. The zero-order valence-corrected chi connectivity index (χ0v) is 16.1. The second-order valence-electron chi connectivity index (χ2n) is 7.10. The van der Waals surface area contributed by atoms with Gasteiger partial charge >= 0.3 is 0 Å². The Hall–Kier alpha value is -2.24. The molecule has 0 saturated heterocycles. The Balaban J connectivity index is 1.74. The van der Waals surface area contributed by atoms with E-state index in [0.717, 1.165) is 39.5 Å². The molecule has 0 aliphatic carbocycles. The predicted molar refractivity (Wildman–Crippen MR) is 107 cm³/mol. The van der Waals surface area contributed by atoms with Crippen molar-refractivity contribution in [2.75, 3.05) is 5.32 Å². The summed E-state index contributed by atoms with van der Waals surface area (Å²) in [5.74, 6) is 0.0788. The number of pyridine rings is 1. The Morgan fingerprint density at radius 1 is 1.19 bits per heavy atom. The number of carbonyl (C=O) groups excluding carboxylic acids is 1. The third kappa shape index (κ3) is 3.24. The van der Waals surface area contributed by atoms with Crippen LogP contribution in [0.3, 0.4) is 0 Å². The molecule has 1 N–H and O–H groups in total. The quantitative estimate of drug-likeness (QED) is 0.591. The molecule has 3 heterocycles. The number of halogens is 1. The van der Waals surface area contributed by atoms with Gasteiger partial charge in [0, 0.05) is 34.8 Å². The number of fused-ring (bicyclic) bond motifs is 1. The number of nitrogens with one attached hydrogen (secondary N) is 1. The van der Waals surface area contributed by atoms with Crippen LogP contribution in [0.2, 0.25) is 5.15 Å². The largest absolute Gasteiger partial charge is 0.326 e. The molecule has 6 heteroatoms. The van der Waals surface area contributed by atoms with Crippen LogP contribution in [0.4, 0.5) is 5.69 Å². The fraction of sp³-hybridized carbons (Fsp3) is 0.250. The smallest absolute Gasteiger partial charge is 0.224 e. The number of benzene rings is 1. The molecule has 4 rings (SSSR count). The van der Waals surface area contributed by atoms with Crippen LogP contribution in [0.25, 0.3) is 21.8 Å². The van der Waals surface area contributed by atoms with Crippen LogP contribution in [0.5, 0.6) is 0 Å². The highest BCUT2D eigenvalue weighted by Crippen LogP contribution is 2.39. The van der Waals surface area contributed by atoms with Crippen molar-refractivity contribution in [2.45, 2.75) is 32.1 Å². The third-order valence-electron chi connectivity index (χ3n) is 4.77. The van der Waals surface area contributed by atoms with Crippen molar-refractivity contribution < 1.29 is 4.79 Å². The van der Waals surface area contributed by atoms with E-state index in [2.05, 4.69) is 30.2 Å². The molecule has 0 unspecified atom stereocenters. The van der Waals surface area contributed by atoms with Gasteiger partial charge in [-0.1, -0.05) is 31.5 Å². The molecule has 1 amide bonds. The second-order valence-corrected chi connectivity index (χ2v) is 8.34. The van der Waals surface area contributed by atoms with Crippen molar-refractivity contribution >= 4 is 34.5 Å². The summed E-state index contributed by atoms with van der Waals surface area (Å²) in [6.07, 6.45) is 3.06. The van der Waals surface area contributed by atoms with Crippen molar-refractivity contribution in [3.8, 4) is 21.8 Å². The van der Waals surface area contributed by atoms with Gasteiger partial charge in [0.05, 0.1) is 5.69 Å². The first-order valence-corrected chi connectivity index (χ1v) is 9.70. The molecule has 1 aromatic carbocycles. The maximum absolute atomic E-state index is 11.9.